The number of benzene rings is 2. The predicted octanol–water partition coefficient (Wildman–Crippen LogP) is 3.55. The molecule has 2 aromatic rings. The van der Waals surface area contributed by atoms with Crippen molar-refractivity contribution in [3.63, 3.8) is 0 Å². The van der Waals surface area contributed by atoms with Gasteiger partial charge >= 0.3 is 57.4 Å². The van der Waals surface area contributed by atoms with Gasteiger partial charge in [0.25, 0.3) is 0 Å². The Morgan fingerprint density at radius 3 is 1.95 bits per heavy atom. The summed E-state index contributed by atoms with van der Waals surface area (Å²) in [5.74, 6) is 0.235. The Morgan fingerprint density at radius 1 is 0.900 bits per heavy atom. The van der Waals surface area contributed by atoms with Crippen molar-refractivity contribution in [3.05, 3.63) is 65.7 Å². The van der Waals surface area contributed by atoms with Crippen molar-refractivity contribution in [2.24, 2.45) is 0 Å². The van der Waals surface area contributed by atoms with Gasteiger partial charge in [-0.2, -0.15) is 0 Å². The Labute approximate surface area is 163 Å². The second-order valence-electron chi connectivity index (χ2n) is 5.53. The SMILES string of the molecule is CC(C)(C)c1ccc(C(=O)Oc2ccccc2)cc1.[KH]. The Kier molecular flexibility index (Phi) is 6.62. The predicted molar refractivity (Wildman–Crippen MR) is 83.7 cm³/mol. The third-order valence-corrected chi connectivity index (χ3v) is 2.94. The molecule has 0 fully saturated rings. The van der Waals surface area contributed by atoms with E-state index in [4.69, 9.17) is 4.74 Å². The summed E-state index contributed by atoms with van der Waals surface area (Å²) in [5.41, 5.74) is 1.85. The van der Waals surface area contributed by atoms with Crippen LogP contribution in [0.4, 0.5) is 0 Å². The Morgan fingerprint density at radius 2 is 1.45 bits per heavy atom. The van der Waals surface area contributed by atoms with Crippen molar-refractivity contribution in [1.82, 2.24) is 0 Å². The van der Waals surface area contributed by atoms with Gasteiger partial charge in [-0.15, -0.1) is 0 Å². The molecule has 2 aromatic carbocycles. The Balaban J connectivity index is 0.00000200. The fourth-order valence-electron chi connectivity index (χ4n) is 1.76. The first-order valence-corrected chi connectivity index (χ1v) is 6.34. The number of carbonyl (C=O) groups excluding carboxylic acids is 1. The van der Waals surface area contributed by atoms with E-state index in [1.807, 2.05) is 42.5 Å². The quantitative estimate of drug-likeness (QED) is 0.481. The van der Waals surface area contributed by atoms with Gasteiger partial charge in [-0.25, -0.2) is 4.79 Å². The molecule has 0 radical (unpaired) electrons. The third-order valence-electron chi connectivity index (χ3n) is 2.94. The van der Waals surface area contributed by atoms with Crippen LogP contribution in [0.15, 0.2) is 54.6 Å². The maximum absolute atomic E-state index is 12.0. The zero-order valence-corrected chi connectivity index (χ0v) is 11.5. The van der Waals surface area contributed by atoms with Crippen molar-refractivity contribution in [3.8, 4) is 5.75 Å². The maximum atomic E-state index is 12.0. The molecule has 0 aromatic heterocycles. The first kappa shape index (κ1) is 17.6. The van der Waals surface area contributed by atoms with Gasteiger partial charge in [-0.05, 0) is 35.2 Å². The standard InChI is InChI=1S/C17H18O2.K.H/c1-17(2,3)14-11-9-13(10-12-14)16(18)19-15-7-5-4-6-8-15;;/h4-12H,1-3H3;;. The van der Waals surface area contributed by atoms with Crippen molar-refractivity contribution in [2.45, 2.75) is 26.2 Å². The monoisotopic (exact) mass is 294 g/mol. The Bertz CT molecular complexity index is 554. The van der Waals surface area contributed by atoms with Gasteiger partial charge in [-0.3, -0.25) is 0 Å². The molecular weight excluding hydrogens is 275 g/mol. The summed E-state index contributed by atoms with van der Waals surface area (Å²) >= 11 is 0. The van der Waals surface area contributed by atoms with Crippen LogP contribution in [-0.2, 0) is 5.41 Å². The summed E-state index contributed by atoms with van der Waals surface area (Å²) < 4.78 is 5.29. The summed E-state index contributed by atoms with van der Waals surface area (Å²) in [5, 5.41) is 0. The van der Waals surface area contributed by atoms with Crippen LogP contribution in [0.3, 0.4) is 0 Å². The summed E-state index contributed by atoms with van der Waals surface area (Å²) in [6.45, 7) is 6.43. The third kappa shape index (κ3) is 4.83. The minimum absolute atomic E-state index is 0. The van der Waals surface area contributed by atoms with E-state index in [2.05, 4.69) is 20.8 Å². The van der Waals surface area contributed by atoms with Gasteiger partial charge in [-0.1, -0.05) is 51.1 Å². The fourth-order valence-corrected chi connectivity index (χ4v) is 1.76. The number of hydrogen-bond acceptors (Lipinski definition) is 2. The van der Waals surface area contributed by atoms with E-state index in [0.29, 0.717) is 11.3 Å². The molecule has 20 heavy (non-hydrogen) atoms. The fraction of sp³-hybridized carbons (Fsp3) is 0.235. The molecule has 100 valence electrons. The minimum atomic E-state index is -0.327. The first-order valence-electron chi connectivity index (χ1n) is 6.34. The number of para-hydroxylation sites is 1. The second kappa shape index (κ2) is 7.52. The van der Waals surface area contributed by atoms with Gasteiger partial charge in [0.15, 0.2) is 0 Å². The molecule has 2 rings (SSSR count). The van der Waals surface area contributed by atoms with E-state index in [9.17, 15) is 4.79 Å². The summed E-state index contributed by atoms with van der Waals surface area (Å²) in [6, 6.07) is 16.7. The molecule has 0 amide bonds. The topological polar surface area (TPSA) is 26.3 Å². The van der Waals surface area contributed by atoms with Gasteiger partial charge in [0.2, 0.25) is 0 Å². The zero-order chi connectivity index (χ0) is 13.9. The molecule has 0 spiro atoms. The molecule has 0 N–H and O–H groups in total. The van der Waals surface area contributed by atoms with Gasteiger partial charge < -0.3 is 4.74 Å². The van der Waals surface area contributed by atoms with Crippen LogP contribution in [-0.4, -0.2) is 57.4 Å². The van der Waals surface area contributed by atoms with Crippen LogP contribution >= 0.6 is 0 Å². The van der Waals surface area contributed by atoms with Crippen molar-refractivity contribution in [2.75, 3.05) is 0 Å². The van der Waals surface area contributed by atoms with Crippen molar-refractivity contribution < 1.29 is 9.53 Å². The molecule has 0 unspecified atom stereocenters. The number of rotatable bonds is 2. The van der Waals surface area contributed by atoms with Gasteiger partial charge in [0.05, 0.1) is 5.56 Å². The normalized spacial score (nSPS) is 10.6. The molecule has 0 bridgehead atoms. The number of hydrogen-bond donors (Lipinski definition) is 0. The summed E-state index contributed by atoms with van der Waals surface area (Å²) in [4.78, 5) is 12.0. The van der Waals surface area contributed by atoms with Crippen LogP contribution < -0.4 is 4.74 Å². The average Bonchev–Trinajstić information content (AvgIpc) is 2.39. The van der Waals surface area contributed by atoms with E-state index in [0.717, 1.165) is 0 Å². The summed E-state index contributed by atoms with van der Waals surface area (Å²) in [6.07, 6.45) is 0. The molecule has 0 saturated carbocycles. The van der Waals surface area contributed by atoms with E-state index in [1.54, 1.807) is 12.1 Å². The van der Waals surface area contributed by atoms with Crippen molar-refractivity contribution >= 4 is 57.4 Å². The van der Waals surface area contributed by atoms with E-state index in [-0.39, 0.29) is 62.8 Å². The van der Waals surface area contributed by atoms with Crippen molar-refractivity contribution in [1.29, 1.82) is 0 Å². The van der Waals surface area contributed by atoms with Crippen LogP contribution in [0.2, 0.25) is 0 Å². The Hall–Kier alpha value is -0.454. The first-order chi connectivity index (χ1) is 8.97. The molecule has 0 aliphatic carbocycles. The molecule has 2 nitrogen and oxygen atoms in total. The molecule has 0 atom stereocenters. The molecular formula is C17H19KO2. The van der Waals surface area contributed by atoms with Crippen LogP contribution in [0.5, 0.6) is 5.75 Å². The molecule has 0 aliphatic heterocycles. The molecule has 0 saturated heterocycles. The zero-order valence-electron chi connectivity index (χ0n) is 11.5. The van der Waals surface area contributed by atoms with Gasteiger partial charge in [0.1, 0.15) is 5.75 Å². The molecule has 3 heteroatoms. The number of carbonyl (C=O) groups is 1. The number of ether oxygens (including phenoxy) is 1. The summed E-state index contributed by atoms with van der Waals surface area (Å²) in [7, 11) is 0. The average molecular weight is 294 g/mol. The second-order valence-corrected chi connectivity index (χ2v) is 5.53. The van der Waals surface area contributed by atoms with E-state index < -0.39 is 0 Å². The molecule has 0 heterocycles. The van der Waals surface area contributed by atoms with E-state index in [1.165, 1.54) is 5.56 Å². The van der Waals surface area contributed by atoms with Crippen LogP contribution in [0.25, 0.3) is 0 Å². The van der Waals surface area contributed by atoms with E-state index >= 15 is 0 Å². The van der Waals surface area contributed by atoms with Crippen LogP contribution in [0.1, 0.15) is 36.7 Å². The van der Waals surface area contributed by atoms with Gasteiger partial charge in [0, 0.05) is 0 Å². The number of esters is 1. The molecule has 0 aliphatic rings. The van der Waals surface area contributed by atoms with Crippen LogP contribution in [0, 0.1) is 0 Å².